The zero-order valence-corrected chi connectivity index (χ0v) is 18.2. The first kappa shape index (κ1) is 21.7. The molecule has 0 aliphatic carbocycles. The molecule has 2 rings (SSSR count). The first-order chi connectivity index (χ1) is 12.7. The summed E-state index contributed by atoms with van der Waals surface area (Å²) in [6, 6.07) is 5.77. The number of nitrogens with zero attached hydrogens (tertiary/aromatic N) is 3. The second kappa shape index (κ2) is 9.58. The molecule has 1 aromatic heterocycles. The summed E-state index contributed by atoms with van der Waals surface area (Å²) in [4.78, 5) is 14.7. The molecule has 0 unspecified atom stereocenters. The van der Waals surface area contributed by atoms with Crippen LogP contribution in [0.1, 0.15) is 37.7 Å². The topological polar surface area (TPSA) is 50.2 Å². The summed E-state index contributed by atoms with van der Waals surface area (Å²) in [7, 11) is 0. The zero-order valence-electron chi connectivity index (χ0n) is 16.6. The van der Waals surface area contributed by atoms with Crippen LogP contribution in [-0.2, 0) is 11.2 Å². The highest BCUT2D eigenvalue weighted by atomic mass is 35.5. The molecular formula is C20H28Cl2N4O. The number of nitrogens with one attached hydrogen (secondary N) is 1. The van der Waals surface area contributed by atoms with Gasteiger partial charge < -0.3 is 5.32 Å². The zero-order chi connectivity index (χ0) is 20.1. The fourth-order valence-electron chi connectivity index (χ4n) is 3.16. The number of aromatic nitrogens is 2. The van der Waals surface area contributed by atoms with E-state index in [0.717, 1.165) is 35.7 Å². The third-order valence-electron chi connectivity index (χ3n) is 4.77. The first-order valence-corrected chi connectivity index (χ1v) is 10.0. The smallest absolute Gasteiger partial charge is 0.224 e. The van der Waals surface area contributed by atoms with E-state index >= 15 is 0 Å². The molecule has 0 spiro atoms. The van der Waals surface area contributed by atoms with E-state index in [1.165, 1.54) is 0 Å². The maximum absolute atomic E-state index is 12.4. The van der Waals surface area contributed by atoms with Gasteiger partial charge in [0.2, 0.25) is 5.91 Å². The molecule has 1 aromatic carbocycles. The molecule has 0 radical (unpaired) electrons. The standard InChI is InChI=1S/C20H28Cl2N4O/c1-6-25(13(2)3)10-9-23-20(27)12-17-14(4)24-26(15(17)5)19-8-7-16(21)11-18(19)22/h7-8,11,13H,6,9-10,12H2,1-5H3,(H,23,27). The van der Waals surface area contributed by atoms with Crippen molar-refractivity contribution in [3.05, 3.63) is 45.2 Å². The third-order valence-corrected chi connectivity index (χ3v) is 5.31. The van der Waals surface area contributed by atoms with Gasteiger partial charge in [-0.25, -0.2) is 4.68 Å². The van der Waals surface area contributed by atoms with Gasteiger partial charge in [-0.15, -0.1) is 0 Å². The number of aryl methyl sites for hydroxylation is 1. The van der Waals surface area contributed by atoms with E-state index in [0.29, 0.717) is 29.1 Å². The van der Waals surface area contributed by atoms with Crippen molar-refractivity contribution in [1.82, 2.24) is 20.0 Å². The Kier molecular flexibility index (Phi) is 7.71. The highest BCUT2D eigenvalue weighted by Gasteiger charge is 2.17. The Morgan fingerprint density at radius 3 is 2.59 bits per heavy atom. The highest BCUT2D eigenvalue weighted by molar-refractivity contribution is 6.35. The molecule has 27 heavy (non-hydrogen) atoms. The number of carbonyl (C=O) groups excluding carboxylic acids is 1. The van der Waals surface area contributed by atoms with Crippen LogP contribution in [0.5, 0.6) is 0 Å². The van der Waals surface area contributed by atoms with E-state index in [4.69, 9.17) is 23.2 Å². The van der Waals surface area contributed by atoms with Crippen molar-refractivity contribution < 1.29 is 4.79 Å². The van der Waals surface area contributed by atoms with E-state index in [1.807, 2.05) is 19.9 Å². The van der Waals surface area contributed by atoms with Crippen LogP contribution in [0.4, 0.5) is 0 Å². The second-order valence-corrected chi connectivity index (χ2v) is 7.75. The molecule has 1 heterocycles. The molecule has 0 bridgehead atoms. The van der Waals surface area contributed by atoms with Crippen molar-refractivity contribution in [1.29, 1.82) is 0 Å². The Hall–Kier alpha value is -1.56. The summed E-state index contributed by atoms with van der Waals surface area (Å²) in [5, 5.41) is 8.68. The normalized spacial score (nSPS) is 11.4. The quantitative estimate of drug-likeness (QED) is 0.709. The summed E-state index contributed by atoms with van der Waals surface area (Å²) >= 11 is 12.3. The fraction of sp³-hybridized carbons (Fsp3) is 0.500. The van der Waals surface area contributed by atoms with Crippen molar-refractivity contribution in [3.8, 4) is 5.69 Å². The maximum atomic E-state index is 12.4. The molecule has 1 amide bonds. The van der Waals surface area contributed by atoms with Crippen molar-refractivity contribution in [2.24, 2.45) is 0 Å². The lowest BCUT2D eigenvalue weighted by atomic mass is 10.1. The molecule has 2 aromatic rings. The number of benzene rings is 1. The minimum Gasteiger partial charge on any atom is -0.355 e. The fourth-order valence-corrected chi connectivity index (χ4v) is 3.65. The Morgan fingerprint density at radius 1 is 1.30 bits per heavy atom. The van der Waals surface area contributed by atoms with E-state index in [-0.39, 0.29) is 5.91 Å². The number of amides is 1. The molecule has 1 N–H and O–H groups in total. The average molecular weight is 411 g/mol. The Balaban J connectivity index is 2.07. The molecule has 7 heteroatoms. The van der Waals surface area contributed by atoms with E-state index in [1.54, 1.807) is 16.8 Å². The van der Waals surface area contributed by atoms with Gasteiger partial charge in [0, 0.05) is 35.4 Å². The van der Waals surface area contributed by atoms with Crippen molar-refractivity contribution in [2.45, 2.75) is 47.1 Å². The van der Waals surface area contributed by atoms with Gasteiger partial charge in [-0.2, -0.15) is 5.10 Å². The van der Waals surface area contributed by atoms with E-state index in [2.05, 4.69) is 36.1 Å². The number of carbonyl (C=O) groups is 1. The first-order valence-electron chi connectivity index (χ1n) is 9.25. The number of halogens is 2. The van der Waals surface area contributed by atoms with Gasteiger partial charge in [0.25, 0.3) is 0 Å². The van der Waals surface area contributed by atoms with Crippen LogP contribution >= 0.6 is 23.2 Å². The van der Waals surface area contributed by atoms with Crippen molar-refractivity contribution >= 4 is 29.1 Å². The molecule has 148 valence electrons. The molecule has 5 nitrogen and oxygen atoms in total. The number of likely N-dealkylation sites (N-methyl/N-ethyl adjacent to an activating group) is 1. The lowest BCUT2D eigenvalue weighted by molar-refractivity contribution is -0.120. The lowest BCUT2D eigenvalue weighted by Gasteiger charge is -2.24. The van der Waals surface area contributed by atoms with Gasteiger partial charge in [0.1, 0.15) is 0 Å². The molecule has 0 aliphatic heterocycles. The van der Waals surface area contributed by atoms with Crippen LogP contribution in [0.25, 0.3) is 5.69 Å². The van der Waals surface area contributed by atoms with Crippen LogP contribution in [0.15, 0.2) is 18.2 Å². The largest absolute Gasteiger partial charge is 0.355 e. The molecule has 0 saturated heterocycles. The third kappa shape index (κ3) is 5.47. The summed E-state index contributed by atoms with van der Waals surface area (Å²) < 4.78 is 1.77. The van der Waals surface area contributed by atoms with Crippen molar-refractivity contribution in [3.63, 3.8) is 0 Å². The predicted molar refractivity (Wildman–Crippen MR) is 112 cm³/mol. The molecule has 0 atom stereocenters. The van der Waals surface area contributed by atoms with Crippen LogP contribution in [0, 0.1) is 13.8 Å². The van der Waals surface area contributed by atoms with Crippen LogP contribution < -0.4 is 5.32 Å². The minimum absolute atomic E-state index is 0.00256. The SMILES string of the molecule is CCN(CCNC(=O)Cc1c(C)nn(-c2ccc(Cl)cc2Cl)c1C)C(C)C. The highest BCUT2D eigenvalue weighted by Crippen LogP contribution is 2.27. The minimum atomic E-state index is 0.00256. The monoisotopic (exact) mass is 410 g/mol. The Labute approximate surface area is 171 Å². The molecule has 0 aliphatic rings. The molecule has 0 fully saturated rings. The Morgan fingerprint density at radius 2 is 2.00 bits per heavy atom. The average Bonchev–Trinajstić information content (AvgIpc) is 2.86. The summed E-state index contributed by atoms with van der Waals surface area (Å²) in [6.45, 7) is 12.8. The van der Waals surface area contributed by atoms with E-state index < -0.39 is 0 Å². The summed E-state index contributed by atoms with van der Waals surface area (Å²) in [5.74, 6) is 0.00256. The van der Waals surface area contributed by atoms with E-state index in [9.17, 15) is 4.79 Å². The maximum Gasteiger partial charge on any atom is 0.224 e. The van der Waals surface area contributed by atoms with Crippen LogP contribution in [-0.4, -0.2) is 46.3 Å². The van der Waals surface area contributed by atoms with Gasteiger partial charge >= 0.3 is 0 Å². The molecular weight excluding hydrogens is 383 g/mol. The van der Waals surface area contributed by atoms with Crippen molar-refractivity contribution in [2.75, 3.05) is 19.6 Å². The number of hydrogen-bond acceptors (Lipinski definition) is 3. The lowest BCUT2D eigenvalue weighted by Crippen LogP contribution is -2.38. The predicted octanol–water partition coefficient (Wildman–Crippen LogP) is 4.18. The van der Waals surface area contributed by atoms with Crippen LogP contribution in [0.2, 0.25) is 10.0 Å². The second-order valence-electron chi connectivity index (χ2n) is 6.91. The van der Waals surface area contributed by atoms with Gasteiger partial charge in [0.15, 0.2) is 0 Å². The van der Waals surface area contributed by atoms with Gasteiger partial charge in [-0.3, -0.25) is 9.69 Å². The van der Waals surface area contributed by atoms with Gasteiger partial charge in [-0.1, -0.05) is 30.1 Å². The summed E-state index contributed by atoms with van der Waals surface area (Å²) in [5.41, 5.74) is 3.41. The van der Waals surface area contributed by atoms with Gasteiger partial charge in [0.05, 0.1) is 22.8 Å². The van der Waals surface area contributed by atoms with Gasteiger partial charge in [-0.05, 0) is 52.4 Å². The Bertz CT molecular complexity index is 802. The number of rotatable bonds is 8. The molecule has 0 saturated carbocycles. The summed E-state index contributed by atoms with van der Waals surface area (Å²) in [6.07, 6.45) is 0.302. The van der Waals surface area contributed by atoms with Crippen LogP contribution in [0.3, 0.4) is 0 Å². The number of hydrogen-bond donors (Lipinski definition) is 1.